The Balaban J connectivity index is 1.84. The quantitative estimate of drug-likeness (QED) is 0.283. The smallest absolute Gasteiger partial charge is 0.311 e. The van der Waals surface area contributed by atoms with Crippen molar-refractivity contribution in [3.05, 3.63) is 11.5 Å². The summed E-state index contributed by atoms with van der Waals surface area (Å²) in [7, 11) is 5.26. The number of methoxy groups -OCH3 is 1. The molecule has 14 nitrogen and oxygen atoms in total. The number of aliphatic hydroxyl groups excluding tert-OH is 3. The molecule has 14 heteroatoms. The Labute approximate surface area is 297 Å². The predicted molar refractivity (Wildman–Crippen MR) is 183 cm³/mol. The van der Waals surface area contributed by atoms with E-state index in [0.717, 1.165) is 0 Å². The first-order valence-corrected chi connectivity index (χ1v) is 18.0. The van der Waals surface area contributed by atoms with Crippen LogP contribution in [0.5, 0.6) is 0 Å². The number of fused-ring (bicyclic) bond motifs is 2. The fraction of sp³-hybridized carbons (Fsp3) is 0.889. The van der Waals surface area contributed by atoms with Gasteiger partial charge < -0.3 is 58.5 Å². The van der Waals surface area contributed by atoms with E-state index in [0.29, 0.717) is 24.5 Å². The summed E-state index contributed by atoms with van der Waals surface area (Å²) >= 11 is 0. The van der Waals surface area contributed by atoms with Gasteiger partial charge in [0.15, 0.2) is 24.2 Å². The first-order chi connectivity index (χ1) is 23.2. The first kappa shape index (κ1) is 40.7. The van der Waals surface area contributed by atoms with Gasteiger partial charge >= 0.3 is 5.97 Å². The molecule has 0 radical (unpaired) electrons. The van der Waals surface area contributed by atoms with Crippen LogP contribution in [-0.4, -0.2) is 137 Å². The Morgan fingerprint density at radius 1 is 1.04 bits per heavy atom. The molecule has 0 saturated carbocycles. The number of hydrogen-bond donors (Lipinski definition) is 4. The van der Waals surface area contributed by atoms with E-state index in [1.54, 1.807) is 27.7 Å². The highest BCUT2D eigenvalue weighted by Crippen LogP contribution is 2.44. The highest BCUT2D eigenvalue weighted by molar-refractivity contribution is 5.81. The minimum atomic E-state index is -1.85. The minimum Gasteiger partial charge on any atom is -0.506 e. The molecule has 288 valence electrons. The van der Waals surface area contributed by atoms with Gasteiger partial charge in [-0.25, -0.2) is 4.99 Å². The second kappa shape index (κ2) is 15.9. The summed E-state index contributed by atoms with van der Waals surface area (Å²) in [6.45, 7) is 15.9. The Kier molecular flexibility index (Phi) is 13.0. The molecule has 0 aromatic heterocycles. The average molecular weight is 715 g/mol. The van der Waals surface area contributed by atoms with Crippen LogP contribution in [0.1, 0.15) is 88.0 Å². The van der Waals surface area contributed by atoms with Gasteiger partial charge in [-0.1, -0.05) is 20.8 Å². The third-order valence-electron chi connectivity index (χ3n) is 11.1. The molecular weight excluding hydrogens is 652 g/mol. The van der Waals surface area contributed by atoms with Crippen LogP contribution in [0, 0.1) is 17.8 Å². The number of carbonyl (C=O) groups is 1. The molecule has 50 heavy (non-hydrogen) atoms. The Hall–Kier alpha value is -2.04. The molecule has 7 unspecified atom stereocenters. The van der Waals surface area contributed by atoms with Crippen molar-refractivity contribution in [2.75, 3.05) is 21.2 Å². The summed E-state index contributed by atoms with van der Waals surface area (Å²) in [6, 6.07) is -1.04. The lowest BCUT2D eigenvalue weighted by molar-refractivity contribution is -0.302. The summed E-state index contributed by atoms with van der Waals surface area (Å²) in [5.41, 5.74) is -2.91. The first-order valence-electron chi connectivity index (χ1n) is 18.0. The zero-order chi connectivity index (χ0) is 37.5. The zero-order valence-corrected chi connectivity index (χ0v) is 31.9. The number of carbonyl (C=O) groups excluding carboxylic acids is 1. The van der Waals surface area contributed by atoms with E-state index in [2.05, 4.69) is 0 Å². The second-order valence-corrected chi connectivity index (χ2v) is 15.5. The van der Waals surface area contributed by atoms with Gasteiger partial charge in [0.1, 0.15) is 47.5 Å². The zero-order valence-electron chi connectivity index (χ0n) is 31.9. The van der Waals surface area contributed by atoms with Gasteiger partial charge in [0.05, 0.1) is 37.7 Å². The molecule has 2 bridgehead atoms. The molecule has 4 rings (SSSR count). The average Bonchev–Trinajstić information content (AvgIpc) is 3.34. The van der Waals surface area contributed by atoms with E-state index in [9.17, 15) is 25.2 Å². The normalized spacial score (nSPS) is 47.6. The molecule has 0 aromatic rings. The van der Waals surface area contributed by atoms with Crippen LogP contribution in [0.2, 0.25) is 0 Å². The number of likely N-dealkylation sites (N-methyl/N-ethyl adjacent to an activating group) is 1. The number of esters is 1. The maximum atomic E-state index is 14.1. The molecule has 16 atom stereocenters. The van der Waals surface area contributed by atoms with Crippen LogP contribution in [-0.2, 0) is 38.0 Å². The van der Waals surface area contributed by atoms with Gasteiger partial charge in [-0.05, 0) is 68.5 Å². The number of rotatable bonds is 7. The van der Waals surface area contributed by atoms with Crippen molar-refractivity contribution in [2.24, 2.45) is 22.7 Å². The second-order valence-electron chi connectivity index (χ2n) is 15.5. The lowest BCUT2D eigenvalue weighted by Crippen LogP contribution is -2.59. The summed E-state index contributed by atoms with van der Waals surface area (Å²) in [5, 5.41) is 45.1. The van der Waals surface area contributed by atoms with Crippen molar-refractivity contribution in [1.82, 2.24) is 4.90 Å². The molecule has 4 heterocycles. The number of nitrogens with zero attached hydrogens (tertiary/aromatic N) is 2. The van der Waals surface area contributed by atoms with E-state index in [1.807, 2.05) is 46.7 Å². The van der Waals surface area contributed by atoms with Crippen LogP contribution in [0.3, 0.4) is 0 Å². The number of ether oxygens (including phenoxy) is 7. The third-order valence-corrected chi connectivity index (χ3v) is 11.1. The van der Waals surface area contributed by atoms with Crippen molar-refractivity contribution < 1.29 is 58.4 Å². The van der Waals surface area contributed by atoms with Crippen molar-refractivity contribution in [3.63, 3.8) is 0 Å². The predicted octanol–water partition coefficient (Wildman–Crippen LogP) is 3.06. The van der Waals surface area contributed by atoms with Gasteiger partial charge in [-0.3, -0.25) is 4.79 Å². The maximum absolute atomic E-state index is 14.1. The fourth-order valence-corrected chi connectivity index (χ4v) is 8.11. The summed E-state index contributed by atoms with van der Waals surface area (Å²) in [4.78, 5) is 20.8. The van der Waals surface area contributed by atoms with E-state index in [4.69, 9.17) is 38.2 Å². The standard InChI is InChI=1S/C36H62N2O12/c1-13-25-36(9,43)30(41)21(6)37-32-17(2)16-35(8,50-32)31(49-34-28(40)23(38(10)11)14-18(3)45-34)19(4)29(20(5)33(42)47-25)48-26-15-24(44-12)27(39)22(7)46-26/h17-23,25-26,28-31,34,39-41,43H,13-16H2,1-12H3/b37-32-/t17?,18?,19-,20-,21+,22?,23?,25+,26?,28?,29-,30+,31-,34?,35+,36-/m1/s1. The van der Waals surface area contributed by atoms with E-state index < -0.39 is 84.3 Å². The molecular formula is C36H62N2O12. The Bertz CT molecular complexity index is 1240. The number of hydrogen-bond acceptors (Lipinski definition) is 14. The van der Waals surface area contributed by atoms with Crippen molar-refractivity contribution >= 4 is 11.9 Å². The summed E-state index contributed by atoms with van der Waals surface area (Å²) < 4.78 is 43.9. The van der Waals surface area contributed by atoms with Gasteiger partial charge in [0.25, 0.3) is 0 Å². The van der Waals surface area contributed by atoms with Gasteiger partial charge in [-0.2, -0.15) is 0 Å². The van der Waals surface area contributed by atoms with E-state index >= 15 is 0 Å². The van der Waals surface area contributed by atoms with E-state index in [1.165, 1.54) is 14.0 Å². The van der Waals surface area contributed by atoms with Crippen molar-refractivity contribution in [3.8, 4) is 0 Å². The SMILES string of the molecule is CC[C@@H]1OC(=O)[C@H](C)[C@H](OC2CC(OC)=C(O)C(C)O2)[C@@H](C)[C@@H](OC2OC(C)CC(N(C)C)C2O)[C@]2(C)CC(C)/C(=N/[C@@H](C)[C@H](O)[C@]1(C)O)O2. The number of cyclic esters (lactones) is 1. The van der Waals surface area contributed by atoms with Crippen LogP contribution in [0.15, 0.2) is 16.5 Å². The molecule has 0 amide bonds. The number of aliphatic imine (C=N–C) groups is 1. The van der Waals surface area contributed by atoms with Crippen molar-refractivity contribution in [1.29, 1.82) is 0 Å². The highest BCUT2D eigenvalue weighted by atomic mass is 16.7. The maximum Gasteiger partial charge on any atom is 0.311 e. The topological polar surface area (TPSA) is 178 Å². The highest BCUT2D eigenvalue weighted by Gasteiger charge is 2.55. The van der Waals surface area contributed by atoms with Crippen molar-refractivity contribution in [2.45, 2.75) is 167 Å². The lowest BCUT2D eigenvalue weighted by atomic mass is 9.79. The minimum absolute atomic E-state index is 0.0402. The molecule has 4 aliphatic rings. The molecule has 0 aromatic carbocycles. The largest absolute Gasteiger partial charge is 0.506 e. The van der Waals surface area contributed by atoms with Crippen LogP contribution in [0.25, 0.3) is 0 Å². The fourth-order valence-electron chi connectivity index (χ4n) is 8.11. The molecule has 4 aliphatic heterocycles. The van der Waals surface area contributed by atoms with Gasteiger partial charge in [-0.15, -0.1) is 0 Å². The molecule has 2 saturated heterocycles. The van der Waals surface area contributed by atoms with Crippen LogP contribution in [0.4, 0.5) is 0 Å². The molecule has 4 N–H and O–H groups in total. The Morgan fingerprint density at radius 3 is 2.30 bits per heavy atom. The number of aliphatic hydroxyl groups is 4. The van der Waals surface area contributed by atoms with Gasteiger partial charge in [0, 0.05) is 24.3 Å². The molecule has 2 fully saturated rings. The van der Waals surface area contributed by atoms with Gasteiger partial charge in [0.2, 0.25) is 0 Å². The summed E-state index contributed by atoms with van der Waals surface area (Å²) in [6.07, 6.45) is -6.83. The lowest BCUT2D eigenvalue weighted by Gasteiger charge is -2.47. The Morgan fingerprint density at radius 2 is 1.70 bits per heavy atom. The summed E-state index contributed by atoms with van der Waals surface area (Å²) in [5.74, 6) is -1.79. The monoisotopic (exact) mass is 714 g/mol. The molecule has 0 spiro atoms. The van der Waals surface area contributed by atoms with Crippen LogP contribution >= 0.6 is 0 Å². The van der Waals surface area contributed by atoms with E-state index in [-0.39, 0.29) is 36.7 Å². The molecule has 0 aliphatic carbocycles. The third kappa shape index (κ3) is 8.27. The van der Waals surface area contributed by atoms with Crippen LogP contribution < -0.4 is 0 Å².